The van der Waals surface area contributed by atoms with E-state index in [-0.39, 0.29) is 12.2 Å². The van der Waals surface area contributed by atoms with Crippen LogP contribution in [0, 0.1) is 0 Å². The molecule has 1 aliphatic rings. The van der Waals surface area contributed by atoms with Gasteiger partial charge in [0.15, 0.2) is 5.78 Å². The quantitative estimate of drug-likeness (QED) is 0.348. The minimum Gasteiger partial charge on any atom is -0.367 e. The molecule has 0 bridgehead atoms. The summed E-state index contributed by atoms with van der Waals surface area (Å²) in [6.07, 6.45) is -1.71. The maximum absolute atomic E-state index is 13.0. The molecule has 0 spiro atoms. The Morgan fingerprint density at radius 2 is 1.79 bits per heavy atom. The van der Waals surface area contributed by atoms with Gasteiger partial charge in [-0.05, 0) is 47.4 Å². The number of alkyl halides is 3. The fourth-order valence-electron chi connectivity index (χ4n) is 4.44. The highest BCUT2D eigenvalue weighted by Crippen LogP contribution is 2.31. The predicted octanol–water partition coefficient (Wildman–Crippen LogP) is 6.24. The third kappa shape index (κ3) is 4.33. The highest BCUT2D eigenvalue weighted by molar-refractivity contribution is 5.98. The monoisotopic (exact) mass is 446 g/mol. The van der Waals surface area contributed by atoms with Gasteiger partial charge in [-0.15, -0.1) is 0 Å². The van der Waals surface area contributed by atoms with Crippen LogP contribution in [0.1, 0.15) is 32.6 Å². The van der Waals surface area contributed by atoms with E-state index < -0.39 is 11.7 Å². The second-order valence-electron chi connectivity index (χ2n) is 8.30. The van der Waals surface area contributed by atoms with Crippen LogP contribution >= 0.6 is 0 Å². The number of benzene rings is 3. The minimum atomic E-state index is -4.43. The molecule has 4 aromatic rings. The summed E-state index contributed by atoms with van der Waals surface area (Å²) in [5, 5.41) is 1.18. The topological polar surface area (TPSA) is 33.2 Å². The molecule has 33 heavy (non-hydrogen) atoms. The maximum Gasteiger partial charge on any atom is 0.416 e. The highest BCUT2D eigenvalue weighted by atomic mass is 19.4. The molecule has 0 fully saturated rings. The number of anilines is 1. The lowest BCUT2D eigenvalue weighted by molar-refractivity contribution is -0.137. The molecule has 3 nitrogen and oxygen atoms in total. The van der Waals surface area contributed by atoms with Crippen molar-refractivity contribution in [2.75, 3.05) is 11.4 Å². The van der Waals surface area contributed by atoms with Gasteiger partial charge in [-0.3, -0.25) is 9.78 Å². The number of rotatable bonds is 4. The highest BCUT2D eigenvalue weighted by Gasteiger charge is 2.30. The summed E-state index contributed by atoms with van der Waals surface area (Å²) in [5.74, 6) is -0.207. The van der Waals surface area contributed by atoms with Crippen molar-refractivity contribution >= 4 is 22.4 Å². The van der Waals surface area contributed by atoms with E-state index in [1.165, 1.54) is 22.6 Å². The third-order valence-electron chi connectivity index (χ3n) is 6.12. The molecule has 0 atom stereocenters. The number of fused-ring (bicyclic) bond motifs is 3. The van der Waals surface area contributed by atoms with Gasteiger partial charge in [0.05, 0.1) is 11.1 Å². The summed E-state index contributed by atoms with van der Waals surface area (Å²) in [4.78, 5) is 19.6. The van der Waals surface area contributed by atoms with Crippen LogP contribution in [0.15, 0.2) is 79.0 Å². The van der Waals surface area contributed by atoms with Crippen molar-refractivity contribution in [2.45, 2.75) is 25.6 Å². The molecular weight excluding hydrogens is 425 g/mol. The van der Waals surface area contributed by atoms with Crippen molar-refractivity contribution in [1.29, 1.82) is 0 Å². The van der Waals surface area contributed by atoms with E-state index in [2.05, 4.69) is 16.0 Å². The Morgan fingerprint density at radius 3 is 2.64 bits per heavy atom. The van der Waals surface area contributed by atoms with Gasteiger partial charge < -0.3 is 4.90 Å². The van der Waals surface area contributed by atoms with E-state index in [1.807, 2.05) is 42.6 Å². The summed E-state index contributed by atoms with van der Waals surface area (Å²) < 4.78 is 39.0. The average molecular weight is 446 g/mol. The maximum atomic E-state index is 13.0. The number of para-hydroxylation sites is 1. The van der Waals surface area contributed by atoms with E-state index in [9.17, 15) is 18.0 Å². The van der Waals surface area contributed by atoms with Gasteiger partial charge in [0.2, 0.25) is 0 Å². The number of halogens is 3. The van der Waals surface area contributed by atoms with Crippen molar-refractivity contribution < 1.29 is 18.0 Å². The van der Waals surface area contributed by atoms with E-state index in [1.54, 1.807) is 12.1 Å². The Bertz CT molecular complexity index is 1350. The SMILES string of the molecule is O=C(Cc1cccc(C(F)(F)F)c1)c1cccc(N2CCc3c(cnc4ccccc34)C2)c1. The van der Waals surface area contributed by atoms with Crippen molar-refractivity contribution in [1.82, 2.24) is 4.98 Å². The van der Waals surface area contributed by atoms with Gasteiger partial charge in [-0.1, -0.05) is 48.5 Å². The summed E-state index contributed by atoms with van der Waals surface area (Å²) in [6, 6.07) is 20.4. The Kier molecular flexibility index (Phi) is 5.36. The van der Waals surface area contributed by atoms with Crippen LogP contribution in [0.2, 0.25) is 0 Å². The largest absolute Gasteiger partial charge is 0.416 e. The van der Waals surface area contributed by atoms with Gasteiger partial charge in [0.25, 0.3) is 0 Å². The van der Waals surface area contributed by atoms with Crippen molar-refractivity contribution in [3.05, 3.63) is 107 Å². The molecule has 3 aromatic carbocycles. The second-order valence-corrected chi connectivity index (χ2v) is 8.30. The summed E-state index contributed by atoms with van der Waals surface area (Å²) in [7, 11) is 0. The Morgan fingerprint density at radius 1 is 0.970 bits per heavy atom. The molecule has 5 rings (SSSR count). The fraction of sp³-hybridized carbons (Fsp3) is 0.185. The van der Waals surface area contributed by atoms with Gasteiger partial charge >= 0.3 is 6.18 Å². The molecule has 1 aliphatic heterocycles. The first kappa shape index (κ1) is 21.2. The van der Waals surface area contributed by atoms with Crippen LogP contribution in [-0.2, 0) is 25.6 Å². The van der Waals surface area contributed by atoms with Crippen LogP contribution in [-0.4, -0.2) is 17.3 Å². The van der Waals surface area contributed by atoms with Crippen molar-refractivity contribution in [3.8, 4) is 0 Å². The van der Waals surface area contributed by atoms with E-state index in [4.69, 9.17) is 0 Å². The van der Waals surface area contributed by atoms with Crippen molar-refractivity contribution in [2.24, 2.45) is 0 Å². The zero-order valence-corrected chi connectivity index (χ0v) is 17.8. The number of ketones is 1. The first-order valence-electron chi connectivity index (χ1n) is 10.8. The fourth-order valence-corrected chi connectivity index (χ4v) is 4.44. The van der Waals surface area contributed by atoms with Gasteiger partial charge in [-0.2, -0.15) is 13.2 Å². The zero-order chi connectivity index (χ0) is 23.0. The van der Waals surface area contributed by atoms with Gasteiger partial charge in [0.1, 0.15) is 0 Å². The Balaban J connectivity index is 1.36. The molecule has 2 heterocycles. The lowest BCUT2D eigenvalue weighted by Gasteiger charge is -2.31. The van der Waals surface area contributed by atoms with Crippen LogP contribution in [0.4, 0.5) is 18.9 Å². The number of nitrogens with zero attached hydrogens (tertiary/aromatic N) is 2. The number of hydrogen-bond acceptors (Lipinski definition) is 3. The summed E-state index contributed by atoms with van der Waals surface area (Å²) in [6.45, 7) is 1.50. The van der Waals surface area contributed by atoms with E-state index >= 15 is 0 Å². The summed E-state index contributed by atoms with van der Waals surface area (Å²) >= 11 is 0. The smallest absolute Gasteiger partial charge is 0.367 e. The first-order valence-corrected chi connectivity index (χ1v) is 10.8. The number of aromatic nitrogens is 1. The predicted molar refractivity (Wildman–Crippen MR) is 122 cm³/mol. The van der Waals surface area contributed by atoms with Crippen LogP contribution in [0.5, 0.6) is 0 Å². The van der Waals surface area contributed by atoms with E-state index in [0.717, 1.165) is 36.3 Å². The Labute approximate surface area is 189 Å². The number of carbonyl (C=O) groups is 1. The molecule has 6 heteroatoms. The lowest BCUT2D eigenvalue weighted by Crippen LogP contribution is -2.30. The number of carbonyl (C=O) groups excluding carboxylic acids is 1. The molecular formula is C27H21F3N2O. The molecule has 0 aliphatic carbocycles. The summed E-state index contributed by atoms with van der Waals surface area (Å²) in [5.41, 5.74) is 4.50. The molecule has 0 amide bonds. The molecule has 1 aromatic heterocycles. The second kappa shape index (κ2) is 8.35. The van der Waals surface area contributed by atoms with Gasteiger partial charge in [0, 0.05) is 42.3 Å². The molecule has 166 valence electrons. The minimum absolute atomic E-state index is 0.0773. The number of hydrogen-bond donors (Lipinski definition) is 0. The lowest BCUT2D eigenvalue weighted by atomic mass is 9.96. The molecule has 0 radical (unpaired) electrons. The van der Waals surface area contributed by atoms with Crippen LogP contribution < -0.4 is 4.90 Å². The third-order valence-corrected chi connectivity index (χ3v) is 6.12. The molecule has 0 unspecified atom stereocenters. The normalized spacial score (nSPS) is 13.7. The van der Waals surface area contributed by atoms with E-state index in [0.29, 0.717) is 17.7 Å². The average Bonchev–Trinajstić information content (AvgIpc) is 2.83. The molecule has 0 N–H and O–H groups in total. The van der Waals surface area contributed by atoms with Gasteiger partial charge in [-0.25, -0.2) is 0 Å². The molecule has 0 saturated heterocycles. The Hall–Kier alpha value is -3.67. The van der Waals surface area contributed by atoms with Crippen LogP contribution in [0.25, 0.3) is 10.9 Å². The van der Waals surface area contributed by atoms with Crippen molar-refractivity contribution in [3.63, 3.8) is 0 Å². The molecule has 0 saturated carbocycles. The zero-order valence-electron chi connectivity index (χ0n) is 17.8. The standard InChI is InChI=1S/C27H21F3N2O/c28-27(29,30)21-7-3-5-18(13-21)14-26(33)19-6-4-8-22(15-19)32-12-11-23-20(17-32)16-31-25-10-2-1-9-24(23)25/h1-10,13,15-16H,11-12,14,17H2. The van der Waals surface area contributed by atoms with Crippen LogP contribution in [0.3, 0.4) is 0 Å². The number of Topliss-reactive ketones (excluding diaryl/α,β-unsaturated/α-hetero) is 1. The number of pyridine rings is 1. The first-order chi connectivity index (χ1) is 15.9.